The largest absolute Gasteiger partial charge is 0.507 e. The van der Waals surface area contributed by atoms with E-state index in [-0.39, 0.29) is 30.0 Å². The summed E-state index contributed by atoms with van der Waals surface area (Å²) in [6, 6.07) is 13.0. The summed E-state index contributed by atoms with van der Waals surface area (Å²) in [5.74, 6) is -1.54. The van der Waals surface area contributed by atoms with Gasteiger partial charge in [0, 0.05) is 5.56 Å². The van der Waals surface area contributed by atoms with Crippen molar-refractivity contribution < 1.29 is 24.2 Å². The van der Waals surface area contributed by atoms with E-state index >= 15 is 0 Å². The van der Waals surface area contributed by atoms with Gasteiger partial charge in [-0.1, -0.05) is 30.3 Å². The van der Waals surface area contributed by atoms with E-state index < -0.39 is 11.9 Å². The summed E-state index contributed by atoms with van der Waals surface area (Å²) in [6.45, 7) is -0.224. The van der Waals surface area contributed by atoms with E-state index in [1.165, 1.54) is 18.2 Å². The SMILES string of the molecule is O=Cc1ccc(O)c(C(=O)NCC(=O)OCc2ccccc2)c1. The van der Waals surface area contributed by atoms with E-state index in [1.54, 1.807) is 0 Å². The number of aromatic hydroxyl groups is 1. The number of aldehydes is 1. The van der Waals surface area contributed by atoms with Gasteiger partial charge < -0.3 is 15.2 Å². The van der Waals surface area contributed by atoms with Crippen LogP contribution in [0.5, 0.6) is 5.75 Å². The first-order valence-corrected chi connectivity index (χ1v) is 6.86. The molecule has 0 aromatic heterocycles. The van der Waals surface area contributed by atoms with Crippen molar-refractivity contribution in [1.82, 2.24) is 5.32 Å². The number of benzene rings is 2. The summed E-state index contributed by atoms with van der Waals surface area (Å²) >= 11 is 0. The van der Waals surface area contributed by atoms with Gasteiger partial charge >= 0.3 is 5.97 Å². The Kier molecular flexibility index (Phi) is 5.46. The second-order valence-electron chi connectivity index (χ2n) is 4.72. The highest BCUT2D eigenvalue weighted by Gasteiger charge is 2.13. The number of nitrogens with one attached hydrogen (secondary N) is 1. The first-order chi connectivity index (χ1) is 11.1. The lowest BCUT2D eigenvalue weighted by Gasteiger charge is -2.08. The van der Waals surface area contributed by atoms with Gasteiger partial charge in [0.1, 0.15) is 25.2 Å². The standard InChI is InChI=1S/C17H15NO5/c19-10-13-6-7-15(20)14(8-13)17(22)18-9-16(21)23-11-12-4-2-1-3-5-12/h1-8,10,20H,9,11H2,(H,18,22). The second-order valence-corrected chi connectivity index (χ2v) is 4.72. The Morgan fingerprint density at radius 3 is 2.57 bits per heavy atom. The van der Waals surface area contributed by atoms with Crippen molar-refractivity contribution in [3.8, 4) is 5.75 Å². The van der Waals surface area contributed by atoms with Crippen LogP contribution in [0.2, 0.25) is 0 Å². The molecule has 0 spiro atoms. The predicted molar refractivity (Wildman–Crippen MR) is 82.1 cm³/mol. The number of phenolic OH excluding ortho intramolecular Hbond substituents is 1. The van der Waals surface area contributed by atoms with Crippen LogP contribution < -0.4 is 5.32 Å². The smallest absolute Gasteiger partial charge is 0.325 e. The number of phenols is 1. The summed E-state index contributed by atoms with van der Waals surface area (Å²) in [4.78, 5) is 34.2. The Morgan fingerprint density at radius 2 is 1.87 bits per heavy atom. The van der Waals surface area contributed by atoms with E-state index in [4.69, 9.17) is 4.74 Å². The fourth-order valence-electron chi connectivity index (χ4n) is 1.85. The summed E-state index contributed by atoms with van der Waals surface area (Å²) in [6.07, 6.45) is 0.560. The minimum atomic E-state index is -0.664. The number of hydrogen-bond acceptors (Lipinski definition) is 5. The molecule has 0 unspecified atom stereocenters. The number of ether oxygens (including phenoxy) is 1. The Labute approximate surface area is 132 Å². The van der Waals surface area contributed by atoms with Crippen molar-refractivity contribution in [3.63, 3.8) is 0 Å². The maximum atomic E-state index is 11.9. The van der Waals surface area contributed by atoms with Gasteiger partial charge in [-0.3, -0.25) is 14.4 Å². The molecule has 0 saturated carbocycles. The van der Waals surface area contributed by atoms with Crippen molar-refractivity contribution >= 4 is 18.2 Å². The van der Waals surface area contributed by atoms with Crippen molar-refractivity contribution in [2.24, 2.45) is 0 Å². The zero-order valence-corrected chi connectivity index (χ0v) is 12.2. The van der Waals surface area contributed by atoms with Gasteiger partial charge in [-0.15, -0.1) is 0 Å². The highest BCUT2D eigenvalue weighted by atomic mass is 16.5. The number of amides is 1. The lowest BCUT2D eigenvalue weighted by Crippen LogP contribution is -2.30. The number of esters is 1. The lowest BCUT2D eigenvalue weighted by molar-refractivity contribution is -0.143. The first kappa shape index (κ1) is 16.2. The molecule has 6 nitrogen and oxygen atoms in total. The van der Waals surface area contributed by atoms with Gasteiger partial charge in [-0.2, -0.15) is 0 Å². The van der Waals surface area contributed by atoms with Gasteiger partial charge in [0.05, 0.1) is 5.56 Å². The van der Waals surface area contributed by atoms with Crippen LogP contribution in [0.15, 0.2) is 48.5 Å². The van der Waals surface area contributed by atoms with Crippen LogP contribution in [0.1, 0.15) is 26.3 Å². The van der Waals surface area contributed by atoms with Gasteiger partial charge in [-0.05, 0) is 23.8 Å². The van der Waals surface area contributed by atoms with Gasteiger partial charge in [0.2, 0.25) is 0 Å². The lowest BCUT2D eigenvalue weighted by atomic mass is 10.1. The summed E-state index contributed by atoms with van der Waals surface area (Å²) in [5.41, 5.74) is 1.01. The summed E-state index contributed by atoms with van der Waals surface area (Å²) in [5, 5.41) is 12.0. The molecule has 1 amide bonds. The molecule has 23 heavy (non-hydrogen) atoms. The predicted octanol–water partition coefficient (Wildman–Crippen LogP) is 1.68. The molecule has 0 fully saturated rings. The number of hydrogen-bond donors (Lipinski definition) is 2. The van der Waals surface area contributed by atoms with E-state index in [0.717, 1.165) is 5.56 Å². The normalized spacial score (nSPS) is 9.91. The molecule has 0 aliphatic rings. The summed E-state index contributed by atoms with van der Waals surface area (Å²) in [7, 11) is 0. The molecule has 2 rings (SSSR count). The Balaban J connectivity index is 1.86. The third kappa shape index (κ3) is 4.67. The monoisotopic (exact) mass is 313 g/mol. The van der Waals surface area contributed by atoms with Crippen molar-refractivity contribution in [3.05, 3.63) is 65.2 Å². The average Bonchev–Trinajstić information content (AvgIpc) is 2.59. The molecular weight excluding hydrogens is 298 g/mol. The van der Waals surface area contributed by atoms with Crippen LogP contribution in [-0.2, 0) is 16.1 Å². The maximum Gasteiger partial charge on any atom is 0.325 e. The molecule has 0 aliphatic carbocycles. The molecule has 6 heteroatoms. The highest BCUT2D eigenvalue weighted by molar-refractivity contribution is 5.99. The van der Waals surface area contributed by atoms with Crippen molar-refractivity contribution in [2.45, 2.75) is 6.61 Å². The number of carbonyl (C=O) groups is 3. The van der Waals surface area contributed by atoms with E-state index in [0.29, 0.717) is 6.29 Å². The van der Waals surface area contributed by atoms with Crippen LogP contribution in [0, 0.1) is 0 Å². The van der Waals surface area contributed by atoms with Crippen LogP contribution in [0.4, 0.5) is 0 Å². The minimum absolute atomic E-state index is 0.0783. The molecule has 2 aromatic rings. The van der Waals surface area contributed by atoms with Crippen LogP contribution in [0.3, 0.4) is 0 Å². The average molecular weight is 313 g/mol. The molecule has 0 saturated heterocycles. The number of carbonyl (C=O) groups excluding carboxylic acids is 3. The molecular formula is C17H15NO5. The molecule has 0 radical (unpaired) electrons. The molecule has 2 aromatic carbocycles. The second kappa shape index (κ2) is 7.74. The molecule has 0 aliphatic heterocycles. The van der Waals surface area contributed by atoms with Crippen LogP contribution >= 0.6 is 0 Å². The maximum absolute atomic E-state index is 11.9. The Bertz CT molecular complexity index is 712. The van der Waals surface area contributed by atoms with E-state index in [9.17, 15) is 19.5 Å². The third-order valence-corrected chi connectivity index (χ3v) is 3.04. The van der Waals surface area contributed by atoms with Crippen molar-refractivity contribution in [2.75, 3.05) is 6.54 Å². The van der Waals surface area contributed by atoms with E-state index in [2.05, 4.69) is 5.32 Å². The zero-order valence-electron chi connectivity index (χ0n) is 12.2. The molecule has 0 atom stereocenters. The fourth-order valence-corrected chi connectivity index (χ4v) is 1.85. The molecule has 118 valence electrons. The van der Waals surface area contributed by atoms with Crippen molar-refractivity contribution in [1.29, 1.82) is 0 Å². The van der Waals surface area contributed by atoms with Crippen LogP contribution in [-0.4, -0.2) is 29.8 Å². The topological polar surface area (TPSA) is 92.7 Å². The Hall–Kier alpha value is -3.15. The molecule has 0 heterocycles. The molecule has 2 N–H and O–H groups in total. The quantitative estimate of drug-likeness (QED) is 0.625. The first-order valence-electron chi connectivity index (χ1n) is 6.86. The zero-order chi connectivity index (χ0) is 16.7. The Morgan fingerprint density at radius 1 is 1.13 bits per heavy atom. The highest BCUT2D eigenvalue weighted by Crippen LogP contribution is 2.17. The number of rotatable bonds is 6. The van der Waals surface area contributed by atoms with Gasteiger partial charge in [-0.25, -0.2) is 0 Å². The third-order valence-electron chi connectivity index (χ3n) is 3.04. The van der Waals surface area contributed by atoms with Gasteiger partial charge in [0.15, 0.2) is 0 Å². The molecule has 0 bridgehead atoms. The fraction of sp³-hybridized carbons (Fsp3) is 0.118. The summed E-state index contributed by atoms with van der Waals surface area (Å²) < 4.78 is 5.02. The minimum Gasteiger partial charge on any atom is -0.507 e. The van der Waals surface area contributed by atoms with Crippen LogP contribution in [0.25, 0.3) is 0 Å². The van der Waals surface area contributed by atoms with E-state index in [1.807, 2.05) is 30.3 Å². The van der Waals surface area contributed by atoms with Gasteiger partial charge in [0.25, 0.3) is 5.91 Å².